The van der Waals surface area contributed by atoms with Crippen molar-refractivity contribution in [3.63, 3.8) is 0 Å². The molecule has 7 heteroatoms. The van der Waals surface area contributed by atoms with E-state index in [2.05, 4.69) is 20.8 Å². The highest BCUT2D eigenvalue weighted by Crippen LogP contribution is 2.69. The van der Waals surface area contributed by atoms with E-state index in [9.17, 15) is 19.8 Å². The van der Waals surface area contributed by atoms with Crippen molar-refractivity contribution in [1.29, 1.82) is 0 Å². The summed E-state index contributed by atoms with van der Waals surface area (Å²) < 4.78 is 0. The van der Waals surface area contributed by atoms with Gasteiger partial charge < -0.3 is 27.2 Å². The number of rotatable bonds is 6. The van der Waals surface area contributed by atoms with Gasteiger partial charge in [0.15, 0.2) is 0 Å². The molecule has 33 heavy (non-hydrogen) atoms. The maximum atomic E-state index is 12.9. The van der Waals surface area contributed by atoms with E-state index in [-0.39, 0.29) is 59.4 Å². The van der Waals surface area contributed by atoms with Crippen LogP contribution in [0.2, 0.25) is 0 Å². The van der Waals surface area contributed by atoms with Gasteiger partial charge in [0.2, 0.25) is 0 Å². The lowest BCUT2D eigenvalue weighted by atomic mass is 9.41. The second-order valence-corrected chi connectivity index (χ2v) is 12.1. The highest BCUT2D eigenvalue weighted by molar-refractivity contribution is 5.83. The maximum absolute atomic E-state index is 12.9. The van der Waals surface area contributed by atoms with Crippen LogP contribution in [-0.2, 0) is 9.59 Å². The first-order chi connectivity index (χ1) is 15.0. The first kappa shape index (κ1) is 26.6. The summed E-state index contributed by atoms with van der Waals surface area (Å²) in [5.41, 5.74) is 5.71. The number of aliphatic hydroxyl groups excluding tert-OH is 2. The fourth-order valence-electron chi connectivity index (χ4n) is 9.45. The molecule has 0 saturated heterocycles. The molecule has 8 N–H and O–H groups in total. The van der Waals surface area contributed by atoms with E-state index in [1.165, 1.54) is 0 Å². The number of Topliss-reactive ketones (excluding diaryl/α,β-unsaturated/α-hetero) is 1. The molecular weight excluding hydrogens is 420 g/mol. The summed E-state index contributed by atoms with van der Waals surface area (Å²) >= 11 is 0. The van der Waals surface area contributed by atoms with Gasteiger partial charge in [0.05, 0.1) is 18.8 Å². The second kappa shape index (κ2) is 9.56. The smallest absolute Gasteiger partial charge is 0.303 e. The number of hydrogen-bond donors (Lipinski definition) is 5. The van der Waals surface area contributed by atoms with Crippen molar-refractivity contribution >= 4 is 11.8 Å². The zero-order valence-electron chi connectivity index (χ0n) is 20.7. The Kier molecular flexibility index (Phi) is 7.70. The van der Waals surface area contributed by atoms with Gasteiger partial charge in [-0.3, -0.25) is 9.59 Å². The van der Waals surface area contributed by atoms with Gasteiger partial charge in [0, 0.05) is 12.3 Å². The number of ketones is 1. The summed E-state index contributed by atoms with van der Waals surface area (Å²) in [5.74, 6) is 0.968. The van der Waals surface area contributed by atoms with Gasteiger partial charge >= 0.3 is 5.97 Å². The molecule has 190 valence electrons. The minimum atomic E-state index is -0.725. The normalized spacial score (nSPS) is 47.5. The summed E-state index contributed by atoms with van der Waals surface area (Å²) in [6.45, 7) is 6.87. The van der Waals surface area contributed by atoms with Crippen molar-refractivity contribution in [3.8, 4) is 0 Å². The summed E-state index contributed by atoms with van der Waals surface area (Å²) in [6, 6.07) is 0. The molecular formula is C26H46N2O5. The predicted molar refractivity (Wildman–Crippen MR) is 127 cm³/mol. The van der Waals surface area contributed by atoms with Crippen molar-refractivity contribution in [2.24, 2.45) is 58.0 Å². The van der Waals surface area contributed by atoms with E-state index in [0.717, 1.165) is 25.7 Å². The van der Waals surface area contributed by atoms with Gasteiger partial charge in [-0.2, -0.15) is 0 Å². The van der Waals surface area contributed by atoms with E-state index >= 15 is 0 Å². The molecule has 0 aromatic carbocycles. The Hall–Kier alpha value is -1.02. The minimum Gasteiger partial charge on any atom is -0.481 e. The van der Waals surface area contributed by atoms with E-state index in [4.69, 9.17) is 10.8 Å². The highest BCUT2D eigenvalue weighted by atomic mass is 16.4. The van der Waals surface area contributed by atoms with Crippen LogP contribution >= 0.6 is 0 Å². The van der Waals surface area contributed by atoms with Crippen molar-refractivity contribution in [2.45, 2.75) is 90.8 Å². The van der Waals surface area contributed by atoms with Crippen LogP contribution in [0.15, 0.2) is 0 Å². The topological polar surface area (TPSA) is 156 Å². The van der Waals surface area contributed by atoms with Gasteiger partial charge in [-0.1, -0.05) is 20.8 Å². The number of carboxylic acids is 1. The largest absolute Gasteiger partial charge is 0.481 e. The highest BCUT2D eigenvalue weighted by Gasteiger charge is 2.65. The summed E-state index contributed by atoms with van der Waals surface area (Å²) in [7, 11) is 0. The fourth-order valence-corrected chi connectivity index (χ4v) is 9.45. The van der Waals surface area contributed by atoms with Gasteiger partial charge in [-0.05, 0) is 97.7 Å². The molecule has 0 aromatic heterocycles. The van der Waals surface area contributed by atoms with Crippen LogP contribution in [0.5, 0.6) is 0 Å². The molecule has 4 saturated carbocycles. The average Bonchev–Trinajstić information content (AvgIpc) is 3.09. The third kappa shape index (κ3) is 4.17. The Bertz CT molecular complexity index is 746. The molecule has 7 nitrogen and oxygen atoms in total. The van der Waals surface area contributed by atoms with Crippen LogP contribution in [0.25, 0.3) is 0 Å². The van der Waals surface area contributed by atoms with Crippen LogP contribution < -0.4 is 11.9 Å². The third-order valence-electron chi connectivity index (χ3n) is 11.0. The van der Waals surface area contributed by atoms with Gasteiger partial charge in [0.1, 0.15) is 5.78 Å². The van der Waals surface area contributed by atoms with Crippen molar-refractivity contribution in [3.05, 3.63) is 0 Å². The van der Waals surface area contributed by atoms with E-state index < -0.39 is 18.2 Å². The summed E-state index contributed by atoms with van der Waals surface area (Å²) in [4.78, 5) is 24.1. The van der Waals surface area contributed by atoms with Crippen LogP contribution in [0, 0.1) is 52.3 Å². The molecule has 4 aliphatic carbocycles. The van der Waals surface area contributed by atoms with Crippen LogP contribution in [0.1, 0.15) is 78.6 Å². The van der Waals surface area contributed by atoms with Crippen molar-refractivity contribution in [1.82, 2.24) is 6.15 Å². The number of carbonyl (C=O) groups is 2. The standard InChI is InChI=1S/C26H43NO5.H3N/c1-14(4-7-23(31)32)17-5-6-18-24-19(8-9-25(17,18)2)26(3)15(11-21(24)29)10-16(28)12-20(26)22(30)13-27;/h14-21,24,28-29H,4-13,27H2,1-3H3,(H,31,32);1H3/t14-,15?,16+,17-,18?,19?,20?,21-,24?,25-,26+;/m1./s1. The number of nitrogens with two attached hydrogens (primary N) is 1. The number of fused-ring (bicyclic) bond motifs is 5. The second-order valence-electron chi connectivity index (χ2n) is 12.1. The summed E-state index contributed by atoms with van der Waals surface area (Å²) in [6.07, 6.45) is 6.12. The van der Waals surface area contributed by atoms with E-state index in [1.54, 1.807) is 0 Å². The molecule has 0 heterocycles. The van der Waals surface area contributed by atoms with Gasteiger partial charge in [0.25, 0.3) is 0 Å². The molecule has 0 aromatic rings. The average molecular weight is 467 g/mol. The zero-order valence-corrected chi connectivity index (χ0v) is 20.7. The molecule has 0 radical (unpaired) electrons. The fraction of sp³-hybridized carbons (Fsp3) is 0.923. The monoisotopic (exact) mass is 466 g/mol. The first-order valence-corrected chi connectivity index (χ1v) is 12.8. The number of hydrogen-bond acceptors (Lipinski definition) is 6. The Morgan fingerprint density at radius 1 is 1.06 bits per heavy atom. The maximum Gasteiger partial charge on any atom is 0.303 e. The van der Waals surface area contributed by atoms with Crippen LogP contribution in [0.3, 0.4) is 0 Å². The molecule has 11 atom stereocenters. The molecule has 0 bridgehead atoms. The van der Waals surface area contributed by atoms with Gasteiger partial charge in [-0.25, -0.2) is 0 Å². The molecule has 4 aliphatic rings. The van der Waals surface area contributed by atoms with Crippen molar-refractivity contribution < 1.29 is 24.9 Å². The number of carbonyl (C=O) groups excluding carboxylic acids is 1. The first-order valence-electron chi connectivity index (χ1n) is 12.8. The predicted octanol–water partition coefficient (Wildman–Crippen LogP) is 3.39. The Labute approximate surface area is 198 Å². The Morgan fingerprint density at radius 3 is 2.39 bits per heavy atom. The van der Waals surface area contributed by atoms with Crippen LogP contribution in [0.4, 0.5) is 0 Å². The number of aliphatic hydroxyl groups is 2. The minimum absolute atomic E-state index is 0. The lowest BCUT2D eigenvalue weighted by Crippen LogP contribution is -2.62. The molecule has 4 fully saturated rings. The Balaban J connectivity index is 0.00000306. The molecule has 0 spiro atoms. The Morgan fingerprint density at radius 2 is 1.76 bits per heavy atom. The quantitative estimate of drug-likeness (QED) is 0.401. The third-order valence-corrected chi connectivity index (χ3v) is 11.0. The molecule has 0 amide bonds. The zero-order chi connectivity index (χ0) is 23.4. The number of carboxylic acid groups (broad SMARTS) is 1. The lowest BCUT2D eigenvalue weighted by Gasteiger charge is -2.64. The van der Waals surface area contributed by atoms with Gasteiger partial charge in [-0.15, -0.1) is 0 Å². The SMILES string of the molecule is C[C@H](CCC(=O)O)[C@H]1CCC2C3C(CC[C@@]21C)[C@]1(C)C(C[C@H](O)CC1C(=O)CN)C[C@H]3O.N. The van der Waals surface area contributed by atoms with Crippen LogP contribution in [-0.4, -0.2) is 45.8 Å². The van der Waals surface area contributed by atoms with E-state index in [0.29, 0.717) is 43.4 Å². The number of aliphatic carboxylic acids is 1. The lowest BCUT2D eigenvalue weighted by molar-refractivity contribution is -0.196. The molecule has 4 rings (SSSR count). The summed E-state index contributed by atoms with van der Waals surface area (Å²) in [5, 5.41) is 31.1. The van der Waals surface area contributed by atoms with E-state index in [1.807, 2.05) is 0 Å². The molecule has 5 unspecified atom stereocenters. The van der Waals surface area contributed by atoms with Crippen molar-refractivity contribution in [2.75, 3.05) is 6.54 Å². The molecule has 0 aliphatic heterocycles.